The number of hydrogen-bond acceptors (Lipinski definition) is 3. The first-order valence-corrected chi connectivity index (χ1v) is 7.07. The van der Waals surface area contributed by atoms with Crippen molar-refractivity contribution < 1.29 is 19.4 Å². The van der Waals surface area contributed by atoms with E-state index in [1.54, 1.807) is 43.2 Å². The Hall–Kier alpha value is -1.88. The number of carboxylic acid groups (broad SMARTS) is 1. The topological polar surface area (TPSA) is 66.8 Å². The summed E-state index contributed by atoms with van der Waals surface area (Å²) in [5.41, 5.74) is -0.558. The number of likely N-dealkylation sites (tertiary alicyclic amines) is 1. The van der Waals surface area contributed by atoms with Crippen molar-refractivity contribution in [1.82, 2.24) is 4.90 Å². The molecule has 1 aromatic rings. The van der Waals surface area contributed by atoms with Crippen molar-refractivity contribution in [3.05, 3.63) is 35.9 Å². The fraction of sp³-hybridized carbons (Fsp3) is 0.500. The van der Waals surface area contributed by atoms with Crippen LogP contribution < -0.4 is 0 Å². The Labute approximate surface area is 124 Å². The van der Waals surface area contributed by atoms with E-state index in [4.69, 9.17) is 4.74 Å². The lowest BCUT2D eigenvalue weighted by atomic mass is 9.79. The summed E-state index contributed by atoms with van der Waals surface area (Å²) < 4.78 is 5.24. The van der Waals surface area contributed by atoms with Crippen molar-refractivity contribution in [2.75, 3.05) is 20.2 Å². The zero-order valence-corrected chi connectivity index (χ0v) is 12.4. The summed E-state index contributed by atoms with van der Waals surface area (Å²) in [6.07, 6.45) is 0.821. The summed E-state index contributed by atoms with van der Waals surface area (Å²) in [7, 11) is 1.63. The van der Waals surface area contributed by atoms with Crippen molar-refractivity contribution in [3.8, 4) is 0 Å². The van der Waals surface area contributed by atoms with E-state index < -0.39 is 11.4 Å². The molecule has 5 heteroatoms. The minimum absolute atomic E-state index is 0.0389. The fourth-order valence-electron chi connectivity index (χ4n) is 2.67. The number of rotatable bonds is 5. The molecule has 0 spiro atoms. The molecule has 0 aromatic heterocycles. The molecule has 0 bridgehead atoms. The van der Waals surface area contributed by atoms with Gasteiger partial charge in [-0.15, -0.1) is 0 Å². The van der Waals surface area contributed by atoms with Gasteiger partial charge in [0.25, 0.3) is 0 Å². The summed E-state index contributed by atoms with van der Waals surface area (Å²) >= 11 is 0. The molecule has 0 aliphatic carbocycles. The Bertz CT molecular complexity index is 516. The molecule has 1 heterocycles. The molecule has 0 radical (unpaired) electrons. The third-order valence-corrected chi connectivity index (χ3v) is 4.22. The van der Waals surface area contributed by atoms with E-state index in [0.29, 0.717) is 18.7 Å². The third kappa shape index (κ3) is 3.24. The van der Waals surface area contributed by atoms with E-state index in [2.05, 4.69) is 0 Å². The first-order chi connectivity index (χ1) is 9.97. The van der Waals surface area contributed by atoms with Gasteiger partial charge in [0.2, 0.25) is 5.91 Å². The average Bonchev–Trinajstić information content (AvgIpc) is 2.97. The van der Waals surface area contributed by atoms with Gasteiger partial charge in [-0.3, -0.25) is 9.59 Å². The van der Waals surface area contributed by atoms with E-state index in [1.165, 1.54) is 0 Å². The Morgan fingerprint density at radius 3 is 2.57 bits per heavy atom. The Kier molecular flexibility index (Phi) is 4.63. The molecule has 2 rings (SSSR count). The lowest BCUT2D eigenvalue weighted by Gasteiger charge is -2.27. The highest BCUT2D eigenvalue weighted by atomic mass is 16.5. The van der Waals surface area contributed by atoms with Crippen molar-refractivity contribution in [2.24, 2.45) is 0 Å². The quantitative estimate of drug-likeness (QED) is 0.896. The number of amides is 1. The van der Waals surface area contributed by atoms with Crippen LogP contribution in [0, 0.1) is 0 Å². The van der Waals surface area contributed by atoms with Gasteiger partial charge >= 0.3 is 5.97 Å². The van der Waals surface area contributed by atoms with Crippen LogP contribution in [-0.4, -0.2) is 48.2 Å². The maximum absolute atomic E-state index is 12.4. The molecule has 0 saturated carbocycles. The predicted molar refractivity (Wildman–Crippen MR) is 78.0 cm³/mol. The number of hydrogen-bond donors (Lipinski definition) is 1. The first-order valence-electron chi connectivity index (χ1n) is 7.07. The standard InChI is InChI=1S/C16H21NO4/c1-16(15(19)20,12-6-4-3-5-7-12)10-14(18)17-9-8-13(11-17)21-2/h3-7,13H,8-11H2,1-2H3,(H,19,20). The summed E-state index contributed by atoms with van der Waals surface area (Å²) in [5, 5.41) is 9.58. The highest BCUT2D eigenvalue weighted by molar-refractivity contribution is 5.89. The third-order valence-electron chi connectivity index (χ3n) is 4.22. The second-order valence-corrected chi connectivity index (χ2v) is 5.67. The highest BCUT2D eigenvalue weighted by Gasteiger charge is 2.39. The van der Waals surface area contributed by atoms with Crippen molar-refractivity contribution in [1.29, 1.82) is 0 Å². The van der Waals surface area contributed by atoms with Gasteiger partial charge in [0.05, 0.1) is 11.5 Å². The lowest BCUT2D eigenvalue weighted by Crippen LogP contribution is -2.40. The van der Waals surface area contributed by atoms with Crippen LogP contribution in [0.3, 0.4) is 0 Å². The molecular formula is C16H21NO4. The molecule has 1 fully saturated rings. The average molecular weight is 291 g/mol. The molecule has 114 valence electrons. The van der Waals surface area contributed by atoms with Crippen LogP contribution >= 0.6 is 0 Å². The second kappa shape index (κ2) is 6.26. The molecule has 2 atom stereocenters. The zero-order chi connectivity index (χ0) is 15.5. The number of benzene rings is 1. The van der Waals surface area contributed by atoms with Crippen molar-refractivity contribution >= 4 is 11.9 Å². The largest absolute Gasteiger partial charge is 0.481 e. The molecule has 2 unspecified atom stereocenters. The molecule has 1 aliphatic heterocycles. The zero-order valence-electron chi connectivity index (χ0n) is 12.4. The maximum Gasteiger partial charge on any atom is 0.314 e. The SMILES string of the molecule is COC1CCN(C(=O)CC(C)(C(=O)O)c2ccccc2)C1. The molecule has 5 nitrogen and oxygen atoms in total. The smallest absolute Gasteiger partial charge is 0.314 e. The van der Waals surface area contributed by atoms with Gasteiger partial charge in [0.1, 0.15) is 0 Å². The monoisotopic (exact) mass is 291 g/mol. The van der Waals surface area contributed by atoms with Crippen LogP contribution in [0.4, 0.5) is 0 Å². The van der Waals surface area contributed by atoms with E-state index in [1.807, 2.05) is 6.07 Å². The summed E-state index contributed by atoms with van der Waals surface area (Å²) in [6.45, 7) is 2.77. The normalized spacial score (nSPS) is 21.0. The van der Waals surface area contributed by atoms with E-state index in [0.717, 1.165) is 6.42 Å². The number of carbonyl (C=O) groups is 2. The molecule has 1 saturated heterocycles. The van der Waals surface area contributed by atoms with Gasteiger partial charge in [-0.05, 0) is 18.9 Å². The molecule has 1 amide bonds. The lowest BCUT2D eigenvalue weighted by molar-refractivity contribution is -0.147. The maximum atomic E-state index is 12.4. The molecule has 1 aliphatic rings. The molecule has 1 N–H and O–H groups in total. The number of carboxylic acids is 1. The van der Waals surface area contributed by atoms with Gasteiger partial charge < -0.3 is 14.7 Å². The van der Waals surface area contributed by atoms with Crippen LogP contribution in [0.5, 0.6) is 0 Å². The summed E-state index contributed by atoms with van der Waals surface area (Å²) in [6, 6.07) is 8.92. The molecular weight excluding hydrogens is 270 g/mol. The molecule has 1 aromatic carbocycles. The summed E-state index contributed by atoms with van der Waals surface area (Å²) in [4.78, 5) is 25.8. The Morgan fingerprint density at radius 2 is 2.05 bits per heavy atom. The Balaban J connectivity index is 2.14. The second-order valence-electron chi connectivity index (χ2n) is 5.67. The van der Waals surface area contributed by atoms with Gasteiger partial charge in [0, 0.05) is 26.6 Å². The fourth-order valence-corrected chi connectivity index (χ4v) is 2.67. The minimum atomic E-state index is -1.20. The van der Waals surface area contributed by atoms with Crippen molar-refractivity contribution in [3.63, 3.8) is 0 Å². The Morgan fingerprint density at radius 1 is 1.38 bits per heavy atom. The predicted octanol–water partition coefficient (Wildman–Crippen LogP) is 1.67. The van der Waals surface area contributed by atoms with Crippen LogP contribution in [0.25, 0.3) is 0 Å². The van der Waals surface area contributed by atoms with Gasteiger partial charge in [-0.2, -0.15) is 0 Å². The number of ether oxygens (including phenoxy) is 1. The van der Waals surface area contributed by atoms with Crippen molar-refractivity contribution in [2.45, 2.75) is 31.3 Å². The van der Waals surface area contributed by atoms with Gasteiger partial charge in [-0.1, -0.05) is 30.3 Å². The first kappa shape index (κ1) is 15.5. The van der Waals surface area contributed by atoms with Crippen LogP contribution in [0.1, 0.15) is 25.3 Å². The summed E-state index contributed by atoms with van der Waals surface area (Å²) in [5.74, 6) is -1.12. The van der Waals surface area contributed by atoms with Crippen LogP contribution in [0.2, 0.25) is 0 Å². The number of nitrogens with zero attached hydrogens (tertiary/aromatic N) is 1. The minimum Gasteiger partial charge on any atom is -0.481 e. The van der Waals surface area contributed by atoms with E-state index in [9.17, 15) is 14.7 Å². The highest BCUT2D eigenvalue weighted by Crippen LogP contribution is 2.29. The van der Waals surface area contributed by atoms with E-state index in [-0.39, 0.29) is 18.4 Å². The van der Waals surface area contributed by atoms with Crippen LogP contribution in [0.15, 0.2) is 30.3 Å². The molecule has 21 heavy (non-hydrogen) atoms. The van der Waals surface area contributed by atoms with E-state index >= 15 is 0 Å². The number of carbonyl (C=O) groups excluding carboxylic acids is 1. The van der Waals surface area contributed by atoms with Gasteiger partial charge in [0.15, 0.2) is 0 Å². The van der Waals surface area contributed by atoms with Crippen LogP contribution in [-0.2, 0) is 19.7 Å². The van der Waals surface area contributed by atoms with Gasteiger partial charge in [-0.25, -0.2) is 0 Å². The number of methoxy groups -OCH3 is 1. The number of aliphatic carboxylic acids is 1.